The maximum absolute atomic E-state index is 13.2. The summed E-state index contributed by atoms with van der Waals surface area (Å²) < 4.78 is 25.8. The van der Waals surface area contributed by atoms with Gasteiger partial charge in [0, 0.05) is 44.8 Å². The number of rotatable bonds is 5. The molecule has 2 atom stereocenters. The number of benzene rings is 1. The van der Waals surface area contributed by atoms with Gasteiger partial charge in [-0.1, -0.05) is 29.8 Å². The van der Waals surface area contributed by atoms with Gasteiger partial charge in [0.2, 0.25) is 0 Å². The Morgan fingerprint density at radius 3 is 2.28 bits per heavy atom. The van der Waals surface area contributed by atoms with E-state index >= 15 is 0 Å². The van der Waals surface area contributed by atoms with Crippen molar-refractivity contribution in [2.75, 3.05) is 0 Å². The number of hydrogen-bond acceptors (Lipinski definition) is 3. The molecule has 1 aromatic carbocycles. The van der Waals surface area contributed by atoms with Crippen molar-refractivity contribution in [1.82, 2.24) is 4.98 Å². The molecule has 0 fully saturated rings. The molecule has 140 valence electrons. The van der Waals surface area contributed by atoms with Gasteiger partial charge in [-0.3, -0.25) is 8.78 Å². The minimum atomic E-state index is -0.649. The summed E-state index contributed by atoms with van der Waals surface area (Å²) in [5.41, 5.74) is 0.636. The van der Waals surface area contributed by atoms with Gasteiger partial charge >= 0.3 is 0 Å². The number of aromatic nitrogens is 1. The molecule has 2 aromatic rings. The van der Waals surface area contributed by atoms with Crippen LogP contribution in [0.1, 0.15) is 20.3 Å². The molecule has 0 aliphatic heterocycles. The van der Waals surface area contributed by atoms with E-state index in [1.807, 2.05) is 0 Å². The molecular weight excluding hydrogens is 507 g/mol. The van der Waals surface area contributed by atoms with E-state index in [9.17, 15) is 8.78 Å². The van der Waals surface area contributed by atoms with Crippen molar-refractivity contribution < 1.29 is 40.1 Å². The maximum Gasteiger partial charge on any atom is 0.0567 e. The number of hydrogen-bond donors (Lipinski definition) is 2. The van der Waals surface area contributed by atoms with Crippen molar-refractivity contribution >= 4 is 0 Å². The minimum Gasteiger partial charge on any atom is -0.393 e. The third kappa shape index (κ3) is 8.00. The summed E-state index contributed by atoms with van der Waals surface area (Å²) in [7, 11) is 0. The second-order valence-electron chi connectivity index (χ2n) is 5.43. The second kappa shape index (κ2) is 12.0. The van der Waals surface area contributed by atoms with Crippen LogP contribution < -0.4 is 0 Å². The Labute approximate surface area is 161 Å². The first-order valence-corrected chi connectivity index (χ1v) is 7.62. The molecule has 0 bridgehead atoms. The number of aliphatic hydroxyl groups is 2. The molecule has 0 aliphatic rings. The van der Waals surface area contributed by atoms with Crippen LogP contribution in [0, 0.1) is 23.6 Å². The maximum atomic E-state index is 13.2. The SMILES string of the molecule is C=CCC(C(C)O)C(C)O.Fc1c[c-]c(-c2ccccn2)c(F)c1.[Pt]. The molecule has 0 aliphatic carbocycles. The summed E-state index contributed by atoms with van der Waals surface area (Å²) in [5, 5.41) is 18.2. The van der Waals surface area contributed by atoms with E-state index < -0.39 is 23.8 Å². The van der Waals surface area contributed by atoms with Crippen LogP contribution in [-0.2, 0) is 21.1 Å². The molecule has 1 aromatic heterocycles. The first-order valence-electron chi connectivity index (χ1n) is 7.62. The van der Waals surface area contributed by atoms with E-state index in [1.54, 1.807) is 44.3 Å². The average molecular weight is 529 g/mol. The van der Waals surface area contributed by atoms with Crippen molar-refractivity contribution in [2.24, 2.45) is 5.92 Å². The first-order chi connectivity index (χ1) is 11.4. The second-order valence-corrected chi connectivity index (χ2v) is 5.43. The van der Waals surface area contributed by atoms with Crippen LogP contribution in [0.5, 0.6) is 0 Å². The van der Waals surface area contributed by atoms with Crippen molar-refractivity contribution in [1.29, 1.82) is 0 Å². The molecule has 0 saturated heterocycles. The van der Waals surface area contributed by atoms with E-state index in [-0.39, 0.29) is 32.5 Å². The van der Waals surface area contributed by atoms with Gasteiger partial charge in [-0.2, -0.15) is 0 Å². The smallest absolute Gasteiger partial charge is 0.0567 e. The summed E-state index contributed by atoms with van der Waals surface area (Å²) in [4.78, 5) is 3.95. The third-order valence-corrected chi connectivity index (χ3v) is 3.46. The van der Waals surface area contributed by atoms with E-state index in [0.29, 0.717) is 12.1 Å². The number of aliphatic hydroxyl groups excluding tert-OH is 2. The predicted molar refractivity (Wildman–Crippen MR) is 90.1 cm³/mol. The summed E-state index contributed by atoms with van der Waals surface area (Å²) in [6.07, 6.45) is 3.00. The Balaban J connectivity index is 0.000000471. The number of halogens is 2. The van der Waals surface area contributed by atoms with Crippen molar-refractivity contribution in [3.05, 3.63) is 66.9 Å². The van der Waals surface area contributed by atoms with Crippen LogP contribution in [0.3, 0.4) is 0 Å². The van der Waals surface area contributed by atoms with Crippen LogP contribution in [0.15, 0.2) is 49.2 Å². The zero-order valence-electron chi connectivity index (χ0n) is 14.1. The molecule has 1 heterocycles. The number of allylic oxidation sites excluding steroid dienone is 1. The molecule has 2 unspecified atom stereocenters. The van der Waals surface area contributed by atoms with Gasteiger partial charge in [0.25, 0.3) is 0 Å². The molecule has 0 amide bonds. The fourth-order valence-corrected chi connectivity index (χ4v) is 2.14. The van der Waals surface area contributed by atoms with Crippen molar-refractivity contribution in [3.8, 4) is 11.3 Å². The predicted octanol–water partition coefficient (Wildman–Crippen LogP) is 3.76. The summed E-state index contributed by atoms with van der Waals surface area (Å²) >= 11 is 0. The van der Waals surface area contributed by atoms with E-state index in [2.05, 4.69) is 17.6 Å². The van der Waals surface area contributed by atoms with E-state index in [4.69, 9.17) is 10.2 Å². The third-order valence-electron chi connectivity index (χ3n) is 3.46. The van der Waals surface area contributed by atoms with Gasteiger partial charge < -0.3 is 15.2 Å². The standard InChI is InChI=1S/C11H6F2N.C8H16O2.Pt/c12-8-4-5-9(10(13)7-8)11-3-1-2-6-14-11;1-4-5-8(6(2)9)7(3)10;/h1-4,6-7H;4,6-10H,1,5H2,2-3H3;/q-1;;. The minimum absolute atomic E-state index is 0. The molecule has 0 radical (unpaired) electrons. The zero-order valence-corrected chi connectivity index (χ0v) is 16.4. The van der Waals surface area contributed by atoms with Crippen molar-refractivity contribution in [2.45, 2.75) is 32.5 Å². The van der Waals surface area contributed by atoms with Crippen LogP contribution >= 0.6 is 0 Å². The number of pyridine rings is 1. The van der Waals surface area contributed by atoms with Gasteiger partial charge in [0.1, 0.15) is 0 Å². The summed E-state index contributed by atoms with van der Waals surface area (Å²) in [6, 6.07) is 9.53. The fraction of sp³-hybridized carbons (Fsp3) is 0.316. The van der Waals surface area contributed by atoms with Crippen LogP contribution in [0.4, 0.5) is 8.78 Å². The van der Waals surface area contributed by atoms with Crippen LogP contribution in [0.25, 0.3) is 11.3 Å². The molecule has 0 spiro atoms. The van der Waals surface area contributed by atoms with Crippen molar-refractivity contribution in [3.63, 3.8) is 0 Å². The van der Waals surface area contributed by atoms with Gasteiger partial charge in [0.15, 0.2) is 0 Å². The normalized spacial score (nSPS) is 13.5. The Kier molecular flexibility index (Phi) is 11.3. The van der Waals surface area contributed by atoms with Gasteiger partial charge in [0.05, 0.1) is 12.2 Å². The first kappa shape index (κ1) is 23.6. The molecule has 25 heavy (non-hydrogen) atoms. The molecule has 2 N–H and O–H groups in total. The molecule has 0 saturated carbocycles. The zero-order chi connectivity index (χ0) is 18.1. The van der Waals surface area contributed by atoms with E-state index in [1.165, 1.54) is 0 Å². The fourth-order valence-electron chi connectivity index (χ4n) is 2.14. The van der Waals surface area contributed by atoms with Crippen LogP contribution in [-0.4, -0.2) is 27.4 Å². The molecule has 3 nitrogen and oxygen atoms in total. The van der Waals surface area contributed by atoms with E-state index in [0.717, 1.165) is 12.1 Å². The van der Waals surface area contributed by atoms with Gasteiger partial charge in [-0.25, -0.2) is 0 Å². The summed E-state index contributed by atoms with van der Waals surface area (Å²) in [6.45, 7) is 6.91. The van der Waals surface area contributed by atoms with Gasteiger partial charge in [-0.15, -0.1) is 18.7 Å². The number of nitrogens with zero attached hydrogens (tertiary/aromatic N) is 1. The topological polar surface area (TPSA) is 53.4 Å². The Morgan fingerprint density at radius 2 is 1.88 bits per heavy atom. The van der Waals surface area contributed by atoms with Gasteiger partial charge in [-0.05, 0) is 32.0 Å². The van der Waals surface area contributed by atoms with Crippen LogP contribution in [0.2, 0.25) is 0 Å². The Hall–Kier alpha value is -1.42. The quantitative estimate of drug-likeness (QED) is 0.458. The molecule has 6 heteroatoms. The average Bonchev–Trinajstić information content (AvgIpc) is 2.53. The summed E-state index contributed by atoms with van der Waals surface area (Å²) in [5.74, 6) is -1.36. The Bertz CT molecular complexity index is 629. The monoisotopic (exact) mass is 529 g/mol. The molecular formula is C19H22F2NO2Pt-. The largest absolute Gasteiger partial charge is 0.393 e. The molecule has 2 rings (SSSR count). The Morgan fingerprint density at radius 1 is 1.24 bits per heavy atom.